The highest BCUT2D eigenvalue weighted by Crippen LogP contribution is 2.28. The second-order valence-electron chi connectivity index (χ2n) is 5.38. The summed E-state index contributed by atoms with van der Waals surface area (Å²) in [5.41, 5.74) is 2.50. The van der Waals surface area contributed by atoms with E-state index in [0.717, 1.165) is 0 Å². The minimum Gasteiger partial charge on any atom is -0.378 e. The van der Waals surface area contributed by atoms with E-state index in [1.54, 1.807) is 0 Å². The van der Waals surface area contributed by atoms with E-state index in [9.17, 15) is 0 Å². The molecule has 0 bridgehead atoms. The van der Waals surface area contributed by atoms with Crippen molar-refractivity contribution in [2.24, 2.45) is 0 Å². The Morgan fingerprint density at radius 3 is 1.20 bits per heavy atom. The lowest BCUT2D eigenvalue weighted by Gasteiger charge is -2.18. The molecule has 0 fully saturated rings. The third-order valence-corrected chi connectivity index (χ3v) is 5.65. The number of hydrogen-bond donors (Lipinski definition) is 0. The summed E-state index contributed by atoms with van der Waals surface area (Å²) in [5.74, 6) is 0. The maximum atomic E-state index is 2.32. The SMILES string of the molecule is BP(c1ccc(N(C)C)cc1)c1ccc(N(C)C)cc1. The zero-order valence-electron chi connectivity index (χ0n) is 13.0. The van der Waals surface area contributed by atoms with Gasteiger partial charge in [0.2, 0.25) is 0 Å². The van der Waals surface area contributed by atoms with Gasteiger partial charge in [-0.15, -0.1) is 0 Å². The average Bonchev–Trinajstić information content (AvgIpc) is 2.46. The molecule has 0 aliphatic carbocycles. The molecule has 4 heteroatoms. The van der Waals surface area contributed by atoms with Crippen molar-refractivity contribution in [3.05, 3.63) is 48.5 Å². The molecule has 0 aromatic heterocycles. The first kappa shape index (κ1) is 14.9. The molecule has 0 N–H and O–H groups in total. The quantitative estimate of drug-likeness (QED) is 0.624. The predicted octanol–water partition coefficient (Wildman–Crippen LogP) is 1.80. The monoisotopic (exact) mass is 284 g/mol. The molecule has 0 atom stereocenters. The Bertz CT molecular complexity index is 498. The van der Waals surface area contributed by atoms with Gasteiger partial charge in [0, 0.05) is 39.6 Å². The Morgan fingerprint density at radius 2 is 0.950 bits per heavy atom. The highest BCUT2D eigenvalue weighted by molar-refractivity contribution is 7.94. The van der Waals surface area contributed by atoms with Gasteiger partial charge in [0.25, 0.3) is 0 Å². The second-order valence-corrected chi connectivity index (χ2v) is 7.53. The molecule has 2 rings (SSSR count). The summed E-state index contributed by atoms with van der Waals surface area (Å²) in [6.07, 6.45) is 0. The first-order valence-electron chi connectivity index (χ1n) is 6.77. The van der Waals surface area contributed by atoms with Crippen molar-refractivity contribution in [3.8, 4) is 0 Å². The molecule has 0 spiro atoms. The van der Waals surface area contributed by atoms with E-state index >= 15 is 0 Å². The molecule has 2 nitrogen and oxygen atoms in total. The van der Waals surface area contributed by atoms with Crippen LogP contribution in [0.25, 0.3) is 0 Å². The van der Waals surface area contributed by atoms with Crippen molar-refractivity contribution < 1.29 is 0 Å². The molecule has 0 aliphatic heterocycles. The average molecular weight is 284 g/mol. The lowest BCUT2D eigenvalue weighted by atomic mass is 10.3. The lowest BCUT2D eigenvalue weighted by Crippen LogP contribution is -2.14. The van der Waals surface area contributed by atoms with Crippen LogP contribution in [0.1, 0.15) is 0 Å². The van der Waals surface area contributed by atoms with Crippen molar-refractivity contribution in [2.45, 2.75) is 0 Å². The molecule has 104 valence electrons. The van der Waals surface area contributed by atoms with Crippen molar-refractivity contribution in [1.82, 2.24) is 0 Å². The number of nitrogens with zero attached hydrogens (tertiary/aromatic N) is 2. The molecule has 2 aromatic rings. The standard InChI is InChI=1S/C16H22BN2P/c1-18(2)13-5-9-15(10-6-13)20(17)16-11-7-14(8-12-16)19(3)4/h5-12H,17H2,1-4H3. The molecule has 20 heavy (non-hydrogen) atoms. The van der Waals surface area contributed by atoms with Gasteiger partial charge in [0.15, 0.2) is 0 Å². The van der Waals surface area contributed by atoms with Gasteiger partial charge >= 0.3 is 0 Å². The van der Waals surface area contributed by atoms with E-state index in [2.05, 4.69) is 94.1 Å². The maximum Gasteiger partial charge on any atom is 0.145 e. The number of hydrogen-bond acceptors (Lipinski definition) is 2. The normalized spacial score (nSPS) is 10.7. The Hall–Kier alpha value is -1.47. The summed E-state index contributed by atoms with van der Waals surface area (Å²) in [5, 5.41) is 2.84. The Labute approximate surface area is 124 Å². The fourth-order valence-corrected chi connectivity index (χ4v) is 3.59. The fourth-order valence-electron chi connectivity index (χ4n) is 2.10. The van der Waals surface area contributed by atoms with Crippen LogP contribution in [0.2, 0.25) is 0 Å². The third-order valence-electron chi connectivity index (χ3n) is 3.51. The molecule has 0 radical (unpaired) electrons. The van der Waals surface area contributed by atoms with E-state index < -0.39 is 0 Å². The molecule has 0 saturated carbocycles. The van der Waals surface area contributed by atoms with Gasteiger partial charge in [-0.05, 0) is 34.9 Å². The molecule has 0 heterocycles. The van der Waals surface area contributed by atoms with Gasteiger partial charge in [-0.3, -0.25) is 0 Å². The minimum absolute atomic E-state index is 0.271. The number of rotatable bonds is 4. The highest BCUT2D eigenvalue weighted by Gasteiger charge is 2.08. The maximum absolute atomic E-state index is 2.32. The largest absolute Gasteiger partial charge is 0.378 e. The van der Waals surface area contributed by atoms with Crippen LogP contribution in [0, 0.1) is 0 Å². The van der Waals surface area contributed by atoms with Gasteiger partial charge < -0.3 is 9.80 Å². The van der Waals surface area contributed by atoms with E-state index in [-0.39, 0.29) is 7.80 Å². The van der Waals surface area contributed by atoms with Crippen LogP contribution in [0.4, 0.5) is 11.4 Å². The summed E-state index contributed by atoms with van der Waals surface area (Å²) >= 11 is 0. The van der Waals surface area contributed by atoms with Crippen LogP contribution >= 0.6 is 7.80 Å². The predicted molar refractivity (Wildman–Crippen MR) is 96.3 cm³/mol. The van der Waals surface area contributed by atoms with Crippen LogP contribution in [0.3, 0.4) is 0 Å². The number of anilines is 2. The molecule has 0 amide bonds. The highest BCUT2D eigenvalue weighted by atomic mass is 31.1. The van der Waals surface area contributed by atoms with Crippen LogP contribution in [-0.2, 0) is 0 Å². The van der Waals surface area contributed by atoms with Crippen molar-refractivity contribution in [2.75, 3.05) is 38.0 Å². The first-order valence-corrected chi connectivity index (χ1v) is 8.56. The summed E-state index contributed by atoms with van der Waals surface area (Å²) in [6, 6.07) is 17.8. The molecule has 2 aromatic carbocycles. The van der Waals surface area contributed by atoms with Crippen molar-refractivity contribution >= 4 is 37.3 Å². The van der Waals surface area contributed by atoms with Crippen LogP contribution in [0.15, 0.2) is 48.5 Å². The summed E-state index contributed by atoms with van der Waals surface area (Å²) in [4.78, 5) is 4.27. The van der Waals surface area contributed by atoms with E-state index in [1.807, 2.05) is 0 Å². The van der Waals surface area contributed by atoms with E-state index in [4.69, 9.17) is 0 Å². The topological polar surface area (TPSA) is 6.48 Å². The summed E-state index contributed by atoms with van der Waals surface area (Å²) in [6.45, 7) is 0. The molecule has 0 saturated heterocycles. The minimum atomic E-state index is -0.271. The molecule has 0 aliphatic rings. The van der Waals surface area contributed by atoms with Gasteiger partial charge in [0.05, 0.1) is 0 Å². The lowest BCUT2D eigenvalue weighted by molar-refractivity contribution is 1.13. The fraction of sp³-hybridized carbons (Fsp3) is 0.250. The van der Waals surface area contributed by atoms with Crippen molar-refractivity contribution in [3.63, 3.8) is 0 Å². The van der Waals surface area contributed by atoms with Crippen LogP contribution in [-0.4, -0.2) is 35.8 Å². The second kappa shape index (κ2) is 6.32. The Kier molecular flexibility index (Phi) is 4.72. The zero-order chi connectivity index (χ0) is 14.7. The van der Waals surface area contributed by atoms with Crippen molar-refractivity contribution in [1.29, 1.82) is 0 Å². The first-order chi connectivity index (χ1) is 9.49. The smallest absolute Gasteiger partial charge is 0.145 e. The zero-order valence-corrected chi connectivity index (χ0v) is 13.9. The molecular weight excluding hydrogens is 262 g/mol. The summed E-state index contributed by atoms with van der Waals surface area (Å²) in [7, 11) is 10.3. The summed E-state index contributed by atoms with van der Waals surface area (Å²) < 4.78 is 0. The number of benzene rings is 2. The Balaban J connectivity index is 2.19. The van der Waals surface area contributed by atoms with Gasteiger partial charge in [0.1, 0.15) is 7.57 Å². The third kappa shape index (κ3) is 3.35. The van der Waals surface area contributed by atoms with Crippen LogP contribution in [0.5, 0.6) is 0 Å². The van der Waals surface area contributed by atoms with Crippen LogP contribution < -0.4 is 20.4 Å². The van der Waals surface area contributed by atoms with E-state index in [0.29, 0.717) is 0 Å². The van der Waals surface area contributed by atoms with E-state index in [1.165, 1.54) is 22.0 Å². The van der Waals surface area contributed by atoms with Gasteiger partial charge in [-0.2, -0.15) is 0 Å². The Morgan fingerprint density at radius 1 is 0.650 bits per heavy atom. The molecule has 0 unspecified atom stereocenters. The van der Waals surface area contributed by atoms with Gasteiger partial charge in [-0.25, -0.2) is 0 Å². The molecular formula is C16H22BN2P. The van der Waals surface area contributed by atoms with Gasteiger partial charge in [-0.1, -0.05) is 32.1 Å².